The van der Waals surface area contributed by atoms with Gasteiger partial charge in [0.2, 0.25) is 0 Å². The zero-order chi connectivity index (χ0) is 23.3. The van der Waals surface area contributed by atoms with Crippen LogP contribution in [0, 0.1) is 11.3 Å². The van der Waals surface area contributed by atoms with Crippen molar-refractivity contribution in [2.24, 2.45) is 0 Å². The first-order valence-corrected chi connectivity index (χ1v) is 10.1. The maximum Gasteiger partial charge on any atom is 0.573 e. The molecule has 10 heteroatoms. The van der Waals surface area contributed by atoms with Crippen LogP contribution in [0.4, 0.5) is 26.3 Å². The van der Waals surface area contributed by atoms with Crippen LogP contribution in [0.1, 0.15) is 43.5 Å². The molecule has 1 atom stereocenters. The smallest absolute Gasteiger partial charge is 0.406 e. The number of benzene rings is 1. The zero-order valence-corrected chi connectivity index (χ0v) is 17.0. The summed E-state index contributed by atoms with van der Waals surface area (Å²) in [6.45, 7) is 1.04. The molecule has 1 fully saturated rings. The van der Waals surface area contributed by atoms with Gasteiger partial charge >= 0.3 is 12.5 Å². The SMILES string of the molecule is C[C@H](N1CC=CC=C1c1c(C#N)c2ccc(OC(F)(F)F)cc2n1C1CCC1)C(F)(F)F. The summed E-state index contributed by atoms with van der Waals surface area (Å²) >= 11 is 0. The van der Waals surface area contributed by atoms with Crippen LogP contribution in [0.2, 0.25) is 0 Å². The van der Waals surface area contributed by atoms with E-state index in [0.717, 1.165) is 24.3 Å². The molecule has 170 valence electrons. The lowest BCUT2D eigenvalue weighted by Crippen LogP contribution is -2.43. The summed E-state index contributed by atoms with van der Waals surface area (Å²) in [6.07, 6.45) is -2.36. The van der Waals surface area contributed by atoms with Gasteiger partial charge in [0, 0.05) is 24.0 Å². The highest BCUT2D eigenvalue weighted by atomic mass is 19.4. The van der Waals surface area contributed by atoms with E-state index in [1.165, 1.54) is 18.2 Å². The van der Waals surface area contributed by atoms with Crippen LogP contribution in [0.25, 0.3) is 16.6 Å². The molecule has 0 bridgehead atoms. The van der Waals surface area contributed by atoms with Crippen LogP contribution in [0.5, 0.6) is 5.75 Å². The molecule has 1 aromatic carbocycles. The van der Waals surface area contributed by atoms with E-state index in [9.17, 15) is 31.6 Å². The quantitative estimate of drug-likeness (QED) is 0.508. The molecule has 0 amide bonds. The average molecular weight is 455 g/mol. The second-order valence-corrected chi connectivity index (χ2v) is 7.87. The fraction of sp³-hybridized carbons (Fsp3) is 0.409. The molecule has 4 rings (SSSR count). The first-order valence-electron chi connectivity index (χ1n) is 10.1. The van der Waals surface area contributed by atoms with Crippen molar-refractivity contribution in [3.8, 4) is 11.8 Å². The van der Waals surface area contributed by atoms with Gasteiger partial charge in [-0.05, 0) is 44.4 Å². The van der Waals surface area contributed by atoms with Crippen molar-refractivity contribution >= 4 is 16.6 Å². The number of rotatable bonds is 4. The Morgan fingerprint density at radius 1 is 1.16 bits per heavy atom. The van der Waals surface area contributed by atoms with Gasteiger partial charge in [-0.3, -0.25) is 0 Å². The second-order valence-electron chi connectivity index (χ2n) is 7.87. The normalized spacial score (nSPS) is 18.3. The molecule has 0 radical (unpaired) electrons. The van der Waals surface area contributed by atoms with Gasteiger partial charge in [0.25, 0.3) is 0 Å². The van der Waals surface area contributed by atoms with E-state index in [0.29, 0.717) is 23.7 Å². The molecule has 0 unspecified atom stereocenters. The Labute approximate surface area is 180 Å². The van der Waals surface area contributed by atoms with Crippen LogP contribution in [0.3, 0.4) is 0 Å². The van der Waals surface area contributed by atoms with Gasteiger partial charge in [-0.2, -0.15) is 18.4 Å². The summed E-state index contributed by atoms with van der Waals surface area (Å²) in [5, 5.41) is 10.3. The van der Waals surface area contributed by atoms with Gasteiger partial charge in [-0.25, -0.2) is 0 Å². The molecule has 0 spiro atoms. The molecule has 2 aliphatic rings. The lowest BCUT2D eigenvalue weighted by molar-refractivity contribution is -0.274. The first-order chi connectivity index (χ1) is 15.0. The van der Waals surface area contributed by atoms with Gasteiger partial charge in [0.15, 0.2) is 0 Å². The highest BCUT2D eigenvalue weighted by Crippen LogP contribution is 2.44. The Hall–Kier alpha value is -3.09. The summed E-state index contributed by atoms with van der Waals surface area (Å²) in [4.78, 5) is 1.16. The summed E-state index contributed by atoms with van der Waals surface area (Å²) in [6, 6.07) is 3.77. The van der Waals surface area contributed by atoms with E-state index in [1.54, 1.807) is 16.7 Å². The van der Waals surface area contributed by atoms with Crippen LogP contribution in [-0.4, -0.2) is 34.6 Å². The minimum Gasteiger partial charge on any atom is -0.406 e. The van der Waals surface area contributed by atoms with E-state index in [2.05, 4.69) is 10.8 Å². The van der Waals surface area contributed by atoms with Crippen molar-refractivity contribution in [1.29, 1.82) is 5.26 Å². The van der Waals surface area contributed by atoms with Gasteiger partial charge in [-0.1, -0.05) is 12.2 Å². The molecule has 32 heavy (non-hydrogen) atoms. The Morgan fingerprint density at radius 3 is 2.44 bits per heavy atom. The molecule has 1 aromatic heterocycles. The first kappa shape index (κ1) is 22.1. The maximum absolute atomic E-state index is 13.6. The van der Waals surface area contributed by atoms with Gasteiger partial charge < -0.3 is 14.2 Å². The van der Waals surface area contributed by atoms with Crippen molar-refractivity contribution in [3.05, 3.63) is 47.7 Å². The molecule has 2 heterocycles. The highest BCUT2D eigenvalue weighted by molar-refractivity contribution is 5.94. The van der Waals surface area contributed by atoms with E-state index < -0.39 is 24.3 Å². The molecular formula is C22H19F6N3O. The van der Waals surface area contributed by atoms with Crippen LogP contribution >= 0.6 is 0 Å². The van der Waals surface area contributed by atoms with E-state index in [4.69, 9.17) is 0 Å². The van der Waals surface area contributed by atoms with Crippen molar-refractivity contribution < 1.29 is 31.1 Å². The number of aromatic nitrogens is 1. The van der Waals surface area contributed by atoms with Gasteiger partial charge in [0.1, 0.15) is 17.9 Å². The van der Waals surface area contributed by atoms with Crippen molar-refractivity contribution in [2.45, 2.75) is 50.8 Å². The fourth-order valence-corrected chi connectivity index (χ4v) is 4.16. The number of alkyl halides is 6. The van der Waals surface area contributed by atoms with E-state index in [-0.39, 0.29) is 29.5 Å². The minimum absolute atomic E-state index is 0.00793. The second kappa shape index (κ2) is 7.80. The summed E-state index contributed by atoms with van der Waals surface area (Å²) < 4.78 is 84.7. The topological polar surface area (TPSA) is 41.2 Å². The van der Waals surface area contributed by atoms with Crippen LogP contribution in [0.15, 0.2) is 36.4 Å². The number of hydrogen-bond donors (Lipinski definition) is 0. The summed E-state index contributed by atoms with van der Waals surface area (Å²) in [5.74, 6) is -0.447. The number of nitrogens with zero attached hydrogens (tertiary/aromatic N) is 3. The number of hydrogen-bond acceptors (Lipinski definition) is 3. The number of halogens is 6. The predicted octanol–water partition coefficient (Wildman–Crippen LogP) is 6.30. The van der Waals surface area contributed by atoms with Gasteiger partial charge in [-0.15, -0.1) is 13.2 Å². The number of ether oxygens (including phenoxy) is 1. The Bertz CT molecular complexity index is 1130. The van der Waals surface area contributed by atoms with E-state index in [1.807, 2.05) is 0 Å². The van der Waals surface area contributed by atoms with Crippen molar-refractivity contribution in [1.82, 2.24) is 9.47 Å². The number of fused-ring (bicyclic) bond motifs is 1. The maximum atomic E-state index is 13.6. The molecule has 1 aliphatic heterocycles. The number of nitriles is 1. The summed E-state index contributed by atoms with van der Waals surface area (Å²) in [7, 11) is 0. The highest BCUT2D eigenvalue weighted by Gasteiger charge is 2.42. The molecule has 4 nitrogen and oxygen atoms in total. The molecule has 2 aromatic rings. The van der Waals surface area contributed by atoms with Crippen LogP contribution < -0.4 is 4.74 Å². The third-order valence-corrected chi connectivity index (χ3v) is 5.95. The Morgan fingerprint density at radius 2 is 1.88 bits per heavy atom. The predicted molar refractivity (Wildman–Crippen MR) is 106 cm³/mol. The summed E-state index contributed by atoms with van der Waals surface area (Å²) in [5.41, 5.74) is 0.969. The van der Waals surface area contributed by atoms with Crippen molar-refractivity contribution in [2.75, 3.05) is 6.54 Å². The molecule has 0 N–H and O–H groups in total. The largest absolute Gasteiger partial charge is 0.573 e. The van der Waals surface area contributed by atoms with Gasteiger partial charge in [0.05, 0.1) is 22.5 Å². The third-order valence-electron chi connectivity index (χ3n) is 5.95. The lowest BCUT2D eigenvalue weighted by atomic mass is 9.92. The fourth-order valence-electron chi connectivity index (χ4n) is 4.16. The Balaban J connectivity index is 1.94. The van der Waals surface area contributed by atoms with Crippen LogP contribution in [-0.2, 0) is 0 Å². The molecular weight excluding hydrogens is 436 g/mol. The average Bonchev–Trinajstić information content (AvgIpc) is 2.97. The molecule has 1 saturated carbocycles. The van der Waals surface area contributed by atoms with E-state index >= 15 is 0 Å². The molecule has 1 aliphatic carbocycles. The lowest BCUT2D eigenvalue weighted by Gasteiger charge is -2.37. The molecule has 0 saturated heterocycles. The third kappa shape index (κ3) is 3.92. The zero-order valence-electron chi connectivity index (χ0n) is 17.0. The minimum atomic E-state index is -4.89. The monoisotopic (exact) mass is 455 g/mol. The Kier molecular flexibility index (Phi) is 5.39. The van der Waals surface area contributed by atoms with Crippen molar-refractivity contribution in [3.63, 3.8) is 0 Å². The number of allylic oxidation sites excluding steroid dienone is 2. The standard InChI is InChI=1S/C22H19F6N3O/c1-13(21(23,24)25)30-10-3-2-7-18(30)20-17(12-29)16-9-8-15(32-22(26,27)28)11-19(16)31(20)14-5-4-6-14/h2-3,7-9,11,13-14H,4-6,10H2,1H3/t13-/m0/s1.